The van der Waals surface area contributed by atoms with Gasteiger partial charge in [-0.15, -0.1) is 0 Å². The molecule has 0 bridgehead atoms. The lowest BCUT2D eigenvalue weighted by molar-refractivity contribution is -0.885. The zero-order chi connectivity index (χ0) is 16.1. The molecule has 3 nitrogen and oxygen atoms in total. The Morgan fingerprint density at radius 2 is 1.91 bits per heavy atom. The molecule has 0 fully saturated rings. The molecule has 2 N–H and O–H groups in total. The molecule has 22 heavy (non-hydrogen) atoms. The zero-order valence-electron chi connectivity index (χ0n) is 12.6. The number of amides is 1. The van der Waals surface area contributed by atoms with Crippen molar-refractivity contribution in [3.05, 3.63) is 63.6 Å². The number of carbonyl (C=O) groups is 1. The van der Waals surface area contributed by atoms with Crippen molar-refractivity contribution in [2.75, 3.05) is 18.9 Å². The van der Waals surface area contributed by atoms with E-state index in [0.29, 0.717) is 22.3 Å². The number of aryl methyl sites for hydroxylation is 1. The van der Waals surface area contributed by atoms with Crippen molar-refractivity contribution in [3.63, 3.8) is 0 Å². The second kappa shape index (κ2) is 7.63. The number of benzene rings is 2. The molecule has 1 unspecified atom stereocenters. The van der Waals surface area contributed by atoms with Crippen LogP contribution in [0.3, 0.4) is 0 Å². The predicted molar refractivity (Wildman–Crippen MR) is 91.7 cm³/mol. The summed E-state index contributed by atoms with van der Waals surface area (Å²) >= 11 is 12.0. The van der Waals surface area contributed by atoms with Crippen molar-refractivity contribution >= 4 is 34.8 Å². The SMILES string of the molecule is Cc1ccccc1C[NH+](C)CC(=O)Nc1cc(Cl)ccc1Cl. The van der Waals surface area contributed by atoms with Crippen LogP contribution in [-0.4, -0.2) is 19.5 Å². The van der Waals surface area contributed by atoms with E-state index < -0.39 is 0 Å². The van der Waals surface area contributed by atoms with E-state index in [1.807, 2.05) is 19.2 Å². The highest BCUT2D eigenvalue weighted by molar-refractivity contribution is 6.35. The lowest BCUT2D eigenvalue weighted by Gasteiger charge is -2.15. The highest BCUT2D eigenvalue weighted by Gasteiger charge is 2.13. The lowest BCUT2D eigenvalue weighted by atomic mass is 10.1. The average molecular weight is 338 g/mol. The summed E-state index contributed by atoms with van der Waals surface area (Å²) in [5, 5.41) is 3.83. The number of quaternary nitrogens is 1. The fourth-order valence-corrected chi connectivity index (χ4v) is 2.59. The van der Waals surface area contributed by atoms with Crippen molar-refractivity contribution in [3.8, 4) is 0 Å². The summed E-state index contributed by atoms with van der Waals surface area (Å²) in [6, 6.07) is 13.2. The van der Waals surface area contributed by atoms with E-state index in [4.69, 9.17) is 23.2 Å². The summed E-state index contributed by atoms with van der Waals surface area (Å²) < 4.78 is 0. The smallest absolute Gasteiger partial charge is 0.279 e. The van der Waals surface area contributed by atoms with E-state index in [1.165, 1.54) is 11.1 Å². The molecule has 0 aliphatic heterocycles. The Morgan fingerprint density at radius 3 is 2.64 bits per heavy atom. The van der Waals surface area contributed by atoms with Gasteiger partial charge in [0.25, 0.3) is 5.91 Å². The predicted octanol–water partition coefficient (Wildman–Crippen LogP) is 2.96. The Kier molecular flexibility index (Phi) is 5.83. The van der Waals surface area contributed by atoms with E-state index >= 15 is 0 Å². The Labute approximate surface area is 140 Å². The van der Waals surface area contributed by atoms with Gasteiger partial charge in [-0.25, -0.2) is 0 Å². The van der Waals surface area contributed by atoms with Crippen LogP contribution in [0.25, 0.3) is 0 Å². The monoisotopic (exact) mass is 337 g/mol. The topological polar surface area (TPSA) is 33.5 Å². The minimum atomic E-state index is -0.0877. The van der Waals surface area contributed by atoms with Crippen LogP contribution in [0.2, 0.25) is 10.0 Å². The third kappa shape index (κ3) is 4.73. The molecule has 0 spiro atoms. The van der Waals surface area contributed by atoms with Gasteiger partial charge in [0, 0.05) is 10.6 Å². The zero-order valence-corrected chi connectivity index (χ0v) is 14.1. The molecule has 2 aromatic carbocycles. The van der Waals surface area contributed by atoms with Crippen LogP contribution < -0.4 is 10.2 Å². The highest BCUT2D eigenvalue weighted by Crippen LogP contribution is 2.25. The van der Waals surface area contributed by atoms with Gasteiger partial charge in [-0.3, -0.25) is 4.79 Å². The number of rotatable bonds is 5. The third-order valence-electron chi connectivity index (χ3n) is 3.42. The molecular weight excluding hydrogens is 319 g/mol. The molecular formula is C17H19Cl2N2O+. The van der Waals surface area contributed by atoms with Crippen LogP contribution >= 0.6 is 23.2 Å². The summed E-state index contributed by atoms with van der Waals surface area (Å²) in [6.45, 7) is 3.23. The first-order valence-electron chi connectivity index (χ1n) is 7.06. The standard InChI is InChI=1S/C17H18Cl2N2O/c1-12-5-3-4-6-13(12)10-21(2)11-17(22)20-16-9-14(18)7-8-15(16)19/h3-9H,10-11H2,1-2H3,(H,20,22)/p+1. The normalized spacial score (nSPS) is 12.0. The molecule has 2 rings (SSSR count). The first kappa shape index (κ1) is 16.8. The fourth-order valence-electron chi connectivity index (χ4n) is 2.26. The Bertz CT molecular complexity index is 673. The number of hydrogen-bond donors (Lipinski definition) is 2. The minimum Gasteiger partial charge on any atom is -0.326 e. The van der Waals surface area contributed by atoms with Gasteiger partial charge in [0.05, 0.1) is 17.8 Å². The maximum absolute atomic E-state index is 12.1. The number of nitrogens with one attached hydrogen (secondary N) is 2. The van der Waals surface area contributed by atoms with Crippen LogP contribution in [0.5, 0.6) is 0 Å². The molecule has 0 heterocycles. The van der Waals surface area contributed by atoms with Gasteiger partial charge in [-0.1, -0.05) is 47.5 Å². The van der Waals surface area contributed by atoms with E-state index in [0.717, 1.165) is 11.4 Å². The van der Waals surface area contributed by atoms with E-state index in [2.05, 4.69) is 24.4 Å². The van der Waals surface area contributed by atoms with E-state index in [1.54, 1.807) is 18.2 Å². The molecule has 5 heteroatoms. The number of hydrogen-bond acceptors (Lipinski definition) is 1. The minimum absolute atomic E-state index is 0.0877. The molecule has 1 amide bonds. The molecule has 0 aliphatic rings. The van der Waals surface area contributed by atoms with Crippen LogP contribution in [0.15, 0.2) is 42.5 Å². The summed E-state index contributed by atoms with van der Waals surface area (Å²) in [6.07, 6.45) is 0. The Hall–Kier alpha value is -1.55. The second-order valence-electron chi connectivity index (χ2n) is 5.41. The van der Waals surface area contributed by atoms with Gasteiger partial charge in [0.15, 0.2) is 6.54 Å². The quantitative estimate of drug-likeness (QED) is 0.864. The van der Waals surface area contributed by atoms with Crippen molar-refractivity contribution in [1.82, 2.24) is 0 Å². The van der Waals surface area contributed by atoms with Crippen LogP contribution in [0, 0.1) is 6.92 Å². The summed E-state index contributed by atoms with van der Waals surface area (Å²) in [5.41, 5.74) is 3.02. The van der Waals surface area contributed by atoms with E-state index in [9.17, 15) is 4.79 Å². The van der Waals surface area contributed by atoms with Gasteiger partial charge in [-0.05, 0) is 30.7 Å². The van der Waals surface area contributed by atoms with Crippen LogP contribution in [-0.2, 0) is 11.3 Å². The van der Waals surface area contributed by atoms with Crippen molar-refractivity contribution in [1.29, 1.82) is 0 Å². The molecule has 2 aromatic rings. The lowest BCUT2D eigenvalue weighted by Crippen LogP contribution is -3.08. The average Bonchev–Trinajstić information content (AvgIpc) is 2.45. The fraction of sp³-hybridized carbons (Fsp3) is 0.235. The van der Waals surface area contributed by atoms with Crippen LogP contribution in [0.4, 0.5) is 5.69 Å². The summed E-state index contributed by atoms with van der Waals surface area (Å²) in [4.78, 5) is 13.2. The van der Waals surface area contributed by atoms with Gasteiger partial charge in [-0.2, -0.15) is 0 Å². The Balaban J connectivity index is 1.94. The molecule has 116 valence electrons. The van der Waals surface area contributed by atoms with Crippen molar-refractivity contribution in [2.24, 2.45) is 0 Å². The van der Waals surface area contributed by atoms with E-state index in [-0.39, 0.29) is 5.91 Å². The van der Waals surface area contributed by atoms with Gasteiger partial charge < -0.3 is 10.2 Å². The summed E-state index contributed by atoms with van der Waals surface area (Å²) in [7, 11) is 1.99. The molecule has 0 saturated carbocycles. The van der Waals surface area contributed by atoms with Gasteiger partial charge >= 0.3 is 0 Å². The number of halogens is 2. The molecule has 0 aliphatic carbocycles. The number of anilines is 1. The number of likely N-dealkylation sites (N-methyl/N-ethyl adjacent to an activating group) is 1. The molecule has 0 saturated heterocycles. The number of carbonyl (C=O) groups excluding carboxylic acids is 1. The first-order valence-corrected chi connectivity index (χ1v) is 7.82. The third-order valence-corrected chi connectivity index (χ3v) is 3.98. The summed E-state index contributed by atoms with van der Waals surface area (Å²) in [5.74, 6) is -0.0877. The van der Waals surface area contributed by atoms with Crippen molar-refractivity contribution < 1.29 is 9.69 Å². The van der Waals surface area contributed by atoms with Crippen molar-refractivity contribution in [2.45, 2.75) is 13.5 Å². The molecule has 0 radical (unpaired) electrons. The second-order valence-corrected chi connectivity index (χ2v) is 6.25. The first-order chi connectivity index (χ1) is 10.5. The highest BCUT2D eigenvalue weighted by atomic mass is 35.5. The van der Waals surface area contributed by atoms with Gasteiger partial charge in [0.1, 0.15) is 6.54 Å². The molecule has 1 atom stereocenters. The Morgan fingerprint density at radius 1 is 1.18 bits per heavy atom. The van der Waals surface area contributed by atoms with Gasteiger partial charge in [0.2, 0.25) is 0 Å². The largest absolute Gasteiger partial charge is 0.326 e. The maximum atomic E-state index is 12.1. The molecule has 0 aromatic heterocycles. The van der Waals surface area contributed by atoms with Crippen LogP contribution in [0.1, 0.15) is 11.1 Å². The maximum Gasteiger partial charge on any atom is 0.279 e.